The van der Waals surface area contributed by atoms with Gasteiger partial charge >= 0.3 is 0 Å². The van der Waals surface area contributed by atoms with Gasteiger partial charge in [0, 0.05) is 24.0 Å². The fourth-order valence-electron chi connectivity index (χ4n) is 1.53. The summed E-state index contributed by atoms with van der Waals surface area (Å²) in [6.45, 7) is 14.1. The van der Waals surface area contributed by atoms with Gasteiger partial charge < -0.3 is 5.73 Å². The number of thiazole rings is 1. The molecule has 3 nitrogen and oxygen atoms in total. The van der Waals surface area contributed by atoms with Crippen LogP contribution in [-0.2, 0) is 6.54 Å². The maximum absolute atomic E-state index is 5.82. The third-order valence-electron chi connectivity index (χ3n) is 2.61. The van der Waals surface area contributed by atoms with Crippen molar-refractivity contribution in [2.45, 2.75) is 45.8 Å². The number of nitrogens with zero attached hydrogens (tertiary/aromatic N) is 2. The first-order valence-corrected chi connectivity index (χ1v) is 6.78. The van der Waals surface area contributed by atoms with Crippen molar-refractivity contribution in [2.75, 3.05) is 6.54 Å². The summed E-state index contributed by atoms with van der Waals surface area (Å²) in [5.74, 6) is 0. The van der Waals surface area contributed by atoms with Crippen LogP contribution in [0.5, 0.6) is 0 Å². The highest BCUT2D eigenvalue weighted by molar-refractivity contribution is 7.09. The topological polar surface area (TPSA) is 42.1 Å². The number of hydrogen-bond acceptors (Lipinski definition) is 4. The molecule has 0 aliphatic carbocycles. The molecule has 0 aliphatic heterocycles. The normalized spacial score (nSPS) is 14.0. The van der Waals surface area contributed by atoms with Gasteiger partial charge in [0.15, 0.2) is 0 Å². The molecule has 1 atom stereocenters. The van der Waals surface area contributed by atoms with Crippen molar-refractivity contribution >= 4 is 11.3 Å². The summed E-state index contributed by atoms with van der Waals surface area (Å²) in [6.07, 6.45) is 1.93. The van der Waals surface area contributed by atoms with Gasteiger partial charge in [0.1, 0.15) is 5.01 Å². The van der Waals surface area contributed by atoms with Crippen LogP contribution in [0.25, 0.3) is 0 Å². The smallest absolute Gasteiger partial charge is 0.109 e. The van der Waals surface area contributed by atoms with E-state index in [2.05, 4.69) is 42.6 Å². The number of nitrogens with two attached hydrogens (primary N) is 1. The molecule has 0 fully saturated rings. The first kappa shape index (κ1) is 14.4. The summed E-state index contributed by atoms with van der Waals surface area (Å²) in [6, 6.07) is 0.0243. The monoisotopic (exact) mass is 253 g/mol. The van der Waals surface area contributed by atoms with E-state index in [1.54, 1.807) is 11.3 Å². The van der Waals surface area contributed by atoms with Crippen molar-refractivity contribution < 1.29 is 0 Å². The van der Waals surface area contributed by atoms with Crippen molar-refractivity contribution in [3.8, 4) is 0 Å². The zero-order valence-electron chi connectivity index (χ0n) is 11.2. The van der Waals surface area contributed by atoms with Crippen molar-refractivity contribution in [3.05, 3.63) is 28.7 Å². The Morgan fingerprint density at radius 2 is 2.24 bits per heavy atom. The Morgan fingerprint density at radius 1 is 1.59 bits per heavy atom. The lowest BCUT2D eigenvalue weighted by Crippen LogP contribution is -2.40. The van der Waals surface area contributed by atoms with Gasteiger partial charge in [-0.05, 0) is 27.7 Å². The van der Waals surface area contributed by atoms with Gasteiger partial charge in [-0.1, -0.05) is 6.08 Å². The highest BCUT2D eigenvalue weighted by Gasteiger charge is 2.21. The number of aromatic nitrogens is 1. The quantitative estimate of drug-likeness (QED) is 0.820. The molecule has 4 heteroatoms. The summed E-state index contributed by atoms with van der Waals surface area (Å²) in [5.41, 5.74) is 7.03. The van der Waals surface area contributed by atoms with Crippen LogP contribution in [-0.4, -0.2) is 22.0 Å². The average molecular weight is 253 g/mol. The van der Waals surface area contributed by atoms with E-state index in [-0.39, 0.29) is 11.6 Å². The van der Waals surface area contributed by atoms with E-state index in [9.17, 15) is 0 Å². The summed E-state index contributed by atoms with van der Waals surface area (Å²) in [5, 5.41) is 3.10. The predicted octanol–water partition coefficient (Wildman–Crippen LogP) is 2.95. The molecular formula is C13H23N3S. The SMILES string of the molecule is C=CCN(Cc1csc(C(C)N)n1)C(C)(C)C. The molecule has 1 unspecified atom stereocenters. The first-order valence-electron chi connectivity index (χ1n) is 5.90. The van der Waals surface area contributed by atoms with Crippen molar-refractivity contribution in [1.82, 2.24) is 9.88 Å². The second kappa shape index (κ2) is 5.76. The molecule has 0 aromatic carbocycles. The van der Waals surface area contributed by atoms with Crippen molar-refractivity contribution in [1.29, 1.82) is 0 Å². The average Bonchev–Trinajstić information content (AvgIpc) is 2.64. The Labute approximate surface area is 108 Å². The zero-order valence-corrected chi connectivity index (χ0v) is 12.0. The lowest BCUT2D eigenvalue weighted by molar-refractivity contribution is 0.144. The Kier molecular flexibility index (Phi) is 4.86. The fraction of sp³-hybridized carbons (Fsp3) is 0.615. The van der Waals surface area contributed by atoms with E-state index in [1.165, 1.54) is 0 Å². The minimum Gasteiger partial charge on any atom is -0.322 e. The van der Waals surface area contributed by atoms with Crippen LogP contribution in [0.4, 0.5) is 0 Å². The molecular weight excluding hydrogens is 230 g/mol. The molecule has 1 heterocycles. The molecule has 0 radical (unpaired) electrons. The maximum Gasteiger partial charge on any atom is 0.109 e. The third kappa shape index (κ3) is 4.22. The molecule has 0 spiro atoms. The second-order valence-corrected chi connectivity index (χ2v) is 6.20. The first-order chi connectivity index (χ1) is 7.84. The molecule has 0 saturated heterocycles. The minimum atomic E-state index is 0.0243. The number of rotatable bonds is 5. The zero-order chi connectivity index (χ0) is 13.1. The summed E-state index contributed by atoms with van der Waals surface area (Å²) in [7, 11) is 0. The van der Waals surface area contributed by atoms with Gasteiger partial charge in [0.2, 0.25) is 0 Å². The van der Waals surface area contributed by atoms with Gasteiger partial charge in [-0.2, -0.15) is 0 Å². The lowest BCUT2D eigenvalue weighted by Gasteiger charge is -2.34. The molecule has 17 heavy (non-hydrogen) atoms. The molecule has 1 rings (SSSR count). The summed E-state index contributed by atoms with van der Waals surface area (Å²) < 4.78 is 0. The minimum absolute atomic E-state index is 0.0243. The molecule has 0 saturated carbocycles. The van der Waals surface area contributed by atoms with Crippen LogP contribution < -0.4 is 5.73 Å². The van der Waals surface area contributed by atoms with E-state index in [0.29, 0.717) is 0 Å². The second-order valence-electron chi connectivity index (χ2n) is 5.31. The Balaban J connectivity index is 2.75. The lowest BCUT2D eigenvalue weighted by atomic mass is 10.1. The Morgan fingerprint density at radius 3 is 2.65 bits per heavy atom. The van der Waals surface area contributed by atoms with E-state index in [1.807, 2.05) is 13.0 Å². The van der Waals surface area contributed by atoms with E-state index >= 15 is 0 Å². The van der Waals surface area contributed by atoms with Gasteiger partial charge in [-0.15, -0.1) is 17.9 Å². The van der Waals surface area contributed by atoms with Crippen LogP contribution in [0.15, 0.2) is 18.0 Å². The molecule has 1 aromatic rings. The van der Waals surface area contributed by atoms with Crippen molar-refractivity contribution in [3.63, 3.8) is 0 Å². The third-order valence-corrected chi connectivity index (χ3v) is 3.70. The van der Waals surface area contributed by atoms with Crippen LogP contribution in [0.2, 0.25) is 0 Å². The highest BCUT2D eigenvalue weighted by atomic mass is 32.1. The Bertz CT molecular complexity index is 363. The van der Waals surface area contributed by atoms with Gasteiger partial charge in [0.05, 0.1) is 11.7 Å². The van der Waals surface area contributed by atoms with Crippen LogP contribution >= 0.6 is 11.3 Å². The standard InChI is InChI=1S/C13H23N3S/c1-6-7-16(13(3,4)5)8-11-9-17-12(15-11)10(2)14/h6,9-10H,1,7-8,14H2,2-5H3. The molecule has 0 amide bonds. The maximum atomic E-state index is 5.82. The molecule has 2 N–H and O–H groups in total. The molecule has 0 bridgehead atoms. The van der Waals surface area contributed by atoms with Crippen LogP contribution in [0.3, 0.4) is 0 Å². The van der Waals surface area contributed by atoms with E-state index in [4.69, 9.17) is 5.73 Å². The summed E-state index contributed by atoms with van der Waals surface area (Å²) >= 11 is 1.64. The van der Waals surface area contributed by atoms with E-state index < -0.39 is 0 Å². The molecule has 96 valence electrons. The Hall–Kier alpha value is -0.710. The summed E-state index contributed by atoms with van der Waals surface area (Å²) in [4.78, 5) is 6.91. The molecule has 1 aromatic heterocycles. The number of hydrogen-bond donors (Lipinski definition) is 1. The van der Waals surface area contributed by atoms with Crippen LogP contribution in [0.1, 0.15) is 44.4 Å². The fourth-order valence-corrected chi connectivity index (χ4v) is 2.30. The van der Waals surface area contributed by atoms with Gasteiger partial charge in [-0.25, -0.2) is 4.98 Å². The van der Waals surface area contributed by atoms with Crippen LogP contribution in [0, 0.1) is 0 Å². The molecule has 0 aliphatic rings. The predicted molar refractivity (Wildman–Crippen MR) is 75.1 cm³/mol. The van der Waals surface area contributed by atoms with E-state index in [0.717, 1.165) is 23.8 Å². The highest BCUT2D eigenvalue weighted by Crippen LogP contribution is 2.20. The van der Waals surface area contributed by atoms with Crippen molar-refractivity contribution in [2.24, 2.45) is 5.73 Å². The largest absolute Gasteiger partial charge is 0.322 e. The van der Waals surface area contributed by atoms with Gasteiger partial charge in [0.25, 0.3) is 0 Å². The van der Waals surface area contributed by atoms with Gasteiger partial charge in [-0.3, -0.25) is 4.90 Å².